The molecule has 3 aliphatic rings. The molecule has 0 aromatic heterocycles. The van der Waals surface area contributed by atoms with E-state index in [9.17, 15) is 9.59 Å². The summed E-state index contributed by atoms with van der Waals surface area (Å²) in [5.74, 6) is 0.104. The Balaban J connectivity index is 1.44. The minimum absolute atomic E-state index is 0.0548. The number of carboxylic acid groups (broad SMARTS) is 1. The van der Waals surface area contributed by atoms with Crippen molar-refractivity contribution in [3.63, 3.8) is 0 Å². The van der Waals surface area contributed by atoms with E-state index < -0.39 is 12.0 Å². The number of amides is 1. The third kappa shape index (κ3) is 5.14. The van der Waals surface area contributed by atoms with Crippen LogP contribution in [0.25, 0.3) is 0 Å². The number of carboxylic acids is 1. The van der Waals surface area contributed by atoms with Crippen molar-refractivity contribution in [1.29, 1.82) is 0 Å². The first-order valence-electron chi connectivity index (χ1n) is 12.0. The SMILES string of the molecule is CCCCCNC(=O)C1COC([C@@H]2[C@@H](Cc3ccccc3CCC(=O)O)[C@@H]3CC[C@H]2O3)=N1. The molecule has 2 fully saturated rings. The molecule has 5 atom stereocenters. The number of aliphatic imine (C=N–C) groups is 1. The molecule has 1 aromatic carbocycles. The molecular formula is C25H34N2O5. The van der Waals surface area contributed by atoms with Gasteiger partial charge < -0.3 is 19.9 Å². The molecule has 1 amide bonds. The number of carbonyl (C=O) groups is 2. The summed E-state index contributed by atoms with van der Waals surface area (Å²) >= 11 is 0. The maximum atomic E-state index is 12.5. The fourth-order valence-electron chi connectivity index (χ4n) is 5.29. The highest BCUT2D eigenvalue weighted by atomic mass is 16.5. The summed E-state index contributed by atoms with van der Waals surface area (Å²) < 4.78 is 12.2. The fourth-order valence-corrected chi connectivity index (χ4v) is 5.29. The Kier molecular flexibility index (Phi) is 7.45. The number of nitrogens with zero attached hydrogens (tertiary/aromatic N) is 1. The summed E-state index contributed by atoms with van der Waals surface area (Å²) in [6.45, 7) is 3.12. The van der Waals surface area contributed by atoms with Crippen molar-refractivity contribution in [1.82, 2.24) is 5.32 Å². The van der Waals surface area contributed by atoms with Crippen LogP contribution in [0.3, 0.4) is 0 Å². The van der Waals surface area contributed by atoms with Gasteiger partial charge in [0.2, 0.25) is 5.91 Å². The van der Waals surface area contributed by atoms with E-state index in [1.165, 1.54) is 5.56 Å². The van der Waals surface area contributed by atoms with Gasteiger partial charge in [-0.15, -0.1) is 0 Å². The number of nitrogens with one attached hydrogen (secondary N) is 1. The predicted octanol–water partition coefficient (Wildman–Crippen LogP) is 3.14. The average molecular weight is 443 g/mol. The van der Waals surface area contributed by atoms with E-state index in [0.29, 0.717) is 25.5 Å². The third-order valence-corrected chi connectivity index (χ3v) is 6.95. The van der Waals surface area contributed by atoms with Crippen LogP contribution in [0, 0.1) is 11.8 Å². The fraction of sp³-hybridized carbons (Fsp3) is 0.640. The molecule has 7 nitrogen and oxygen atoms in total. The van der Waals surface area contributed by atoms with Gasteiger partial charge in [-0.05, 0) is 43.2 Å². The molecule has 0 spiro atoms. The van der Waals surface area contributed by atoms with Crippen molar-refractivity contribution in [3.05, 3.63) is 35.4 Å². The lowest BCUT2D eigenvalue weighted by Crippen LogP contribution is -2.35. The Labute approximate surface area is 189 Å². The zero-order valence-electron chi connectivity index (χ0n) is 18.8. The van der Waals surface area contributed by atoms with E-state index in [1.807, 2.05) is 18.2 Å². The molecule has 4 rings (SSSR count). The number of hydrogen-bond acceptors (Lipinski definition) is 5. The Hall–Kier alpha value is -2.41. The molecule has 2 N–H and O–H groups in total. The minimum Gasteiger partial charge on any atom is -0.481 e. The van der Waals surface area contributed by atoms with E-state index >= 15 is 0 Å². The number of hydrogen-bond donors (Lipinski definition) is 2. The first-order chi connectivity index (χ1) is 15.6. The highest BCUT2D eigenvalue weighted by molar-refractivity contribution is 5.90. The molecule has 2 bridgehead atoms. The Morgan fingerprint density at radius 2 is 1.94 bits per heavy atom. The first-order valence-corrected chi connectivity index (χ1v) is 12.0. The van der Waals surface area contributed by atoms with Crippen LogP contribution in [0.15, 0.2) is 29.3 Å². The zero-order valence-corrected chi connectivity index (χ0v) is 18.8. The monoisotopic (exact) mass is 442 g/mol. The van der Waals surface area contributed by atoms with Gasteiger partial charge in [-0.3, -0.25) is 9.59 Å². The quantitative estimate of drug-likeness (QED) is 0.513. The molecule has 3 aliphatic heterocycles. The Bertz CT molecular complexity index is 854. The zero-order chi connectivity index (χ0) is 22.5. The molecule has 7 heteroatoms. The van der Waals surface area contributed by atoms with E-state index in [4.69, 9.17) is 14.6 Å². The highest BCUT2D eigenvalue weighted by Crippen LogP contribution is 2.46. The van der Waals surface area contributed by atoms with E-state index in [1.54, 1.807) is 0 Å². The molecule has 0 aliphatic carbocycles. The Morgan fingerprint density at radius 3 is 2.72 bits per heavy atom. The van der Waals surface area contributed by atoms with Crippen LogP contribution in [-0.2, 0) is 31.9 Å². The van der Waals surface area contributed by atoms with Gasteiger partial charge in [0.05, 0.1) is 18.1 Å². The maximum absolute atomic E-state index is 12.5. The van der Waals surface area contributed by atoms with E-state index in [2.05, 4.69) is 23.3 Å². The van der Waals surface area contributed by atoms with Crippen LogP contribution in [0.4, 0.5) is 0 Å². The van der Waals surface area contributed by atoms with Crippen molar-refractivity contribution >= 4 is 17.8 Å². The van der Waals surface area contributed by atoms with Crippen LogP contribution in [0.5, 0.6) is 0 Å². The van der Waals surface area contributed by atoms with Crippen molar-refractivity contribution in [2.24, 2.45) is 16.8 Å². The lowest BCUT2D eigenvalue weighted by Gasteiger charge is -2.28. The molecule has 0 saturated carbocycles. The van der Waals surface area contributed by atoms with Crippen LogP contribution >= 0.6 is 0 Å². The summed E-state index contributed by atoms with van der Waals surface area (Å²) in [6.07, 6.45) is 6.92. The average Bonchev–Trinajstić information content (AvgIpc) is 3.52. The second kappa shape index (κ2) is 10.5. The topological polar surface area (TPSA) is 97.2 Å². The second-order valence-electron chi connectivity index (χ2n) is 9.14. The van der Waals surface area contributed by atoms with Gasteiger partial charge in [0.1, 0.15) is 6.61 Å². The van der Waals surface area contributed by atoms with Gasteiger partial charge in [0.15, 0.2) is 11.9 Å². The number of ether oxygens (including phenoxy) is 2. The van der Waals surface area contributed by atoms with Gasteiger partial charge in [-0.25, -0.2) is 4.99 Å². The van der Waals surface area contributed by atoms with Gasteiger partial charge in [-0.1, -0.05) is 44.0 Å². The highest BCUT2D eigenvalue weighted by Gasteiger charge is 2.52. The standard InChI is InChI=1S/C25H34N2O5/c1-2-3-6-13-26-24(30)19-15-31-25(27-19)23-18(20-10-11-21(23)32-20)14-17-8-5-4-7-16(17)9-12-22(28)29/h4-5,7-8,18-21,23H,2-3,6,9-15H2,1H3,(H,26,30)(H,28,29)/t18-,19?,20-,21+,23+/m0/s1. The van der Waals surface area contributed by atoms with Gasteiger partial charge >= 0.3 is 5.97 Å². The summed E-state index contributed by atoms with van der Waals surface area (Å²) in [5, 5.41) is 12.1. The van der Waals surface area contributed by atoms with Crippen molar-refractivity contribution in [2.75, 3.05) is 13.2 Å². The molecule has 32 heavy (non-hydrogen) atoms. The van der Waals surface area contributed by atoms with Crippen molar-refractivity contribution < 1.29 is 24.2 Å². The predicted molar refractivity (Wildman–Crippen MR) is 121 cm³/mol. The van der Waals surface area contributed by atoms with E-state index in [0.717, 1.165) is 44.1 Å². The number of benzene rings is 1. The number of aryl methyl sites for hydroxylation is 1. The molecule has 174 valence electrons. The van der Waals surface area contributed by atoms with Crippen molar-refractivity contribution in [3.8, 4) is 0 Å². The second-order valence-corrected chi connectivity index (χ2v) is 9.14. The lowest BCUT2D eigenvalue weighted by atomic mass is 9.75. The lowest BCUT2D eigenvalue weighted by molar-refractivity contribution is -0.137. The Morgan fingerprint density at radius 1 is 1.16 bits per heavy atom. The summed E-state index contributed by atoms with van der Waals surface area (Å²) in [7, 11) is 0. The maximum Gasteiger partial charge on any atom is 0.303 e. The first kappa shape index (κ1) is 22.8. The molecule has 3 heterocycles. The summed E-state index contributed by atoms with van der Waals surface area (Å²) in [4.78, 5) is 28.2. The molecule has 0 radical (unpaired) electrons. The molecule has 2 saturated heterocycles. The van der Waals surface area contributed by atoms with Gasteiger partial charge in [-0.2, -0.15) is 0 Å². The van der Waals surface area contributed by atoms with Crippen LogP contribution in [0.2, 0.25) is 0 Å². The van der Waals surface area contributed by atoms with E-state index in [-0.39, 0.29) is 36.4 Å². The van der Waals surface area contributed by atoms with Crippen molar-refractivity contribution in [2.45, 2.75) is 76.5 Å². The normalized spacial score (nSPS) is 28.4. The molecular weight excluding hydrogens is 408 g/mol. The van der Waals surface area contributed by atoms with Gasteiger partial charge in [0, 0.05) is 18.9 Å². The third-order valence-electron chi connectivity index (χ3n) is 6.95. The molecule has 1 unspecified atom stereocenters. The summed E-state index contributed by atoms with van der Waals surface area (Å²) in [6, 6.07) is 7.59. The number of unbranched alkanes of at least 4 members (excludes halogenated alkanes) is 2. The van der Waals surface area contributed by atoms with Crippen LogP contribution < -0.4 is 5.32 Å². The number of rotatable bonds is 11. The largest absolute Gasteiger partial charge is 0.481 e. The number of fused-ring (bicyclic) bond motifs is 2. The van der Waals surface area contributed by atoms with Gasteiger partial charge in [0.25, 0.3) is 0 Å². The number of aliphatic carboxylic acids is 1. The van der Waals surface area contributed by atoms with Crippen LogP contribution in [0.1, 0.15) is 56.6 Å². The minimum atomic E-state index is -0.784. The summed E-state index contributed by atoms with van der Waals surface area (Å²) in [5.41, 5.74) is 2.25. The smallest absolute Gasteiger partial charge is 0.303 e. The van der Waals surface area contributed by atoms with Crippen LogP contribution in [-0.4, -0.2) is 54.3 Å². The number of carbonyl (C=O) groups excluding carboxylic acids is 1. The molecule has 1 aromatic rings.